The summed E-state index contributed by atoms with van der Waals surface area (Å²) < 4.78 is 10.1. The van der Waals surface area contributed by atoms with Crippen LogP contribution in [0.15, 0.2) is 153 Å². The third kappa shape index (κ3) is 23.2. The molecule has 0 spiro atoms. The molecule has 4 N–H and O–H groups in total. The van der Waals surface area contributed by atoms with Crippen molar-refractivity contribution < 1.29 is 9.59 Å². The van der Waals surface area contributed by atoms with E-state index in [0.717, 1.165) is 36.6 Å². The lowest BCUT2D eigenvalue weighted by atomic mass is 10.4. The average Bonchev–Trinajstić information content (AvgIpc) is 4.16. The zero-order chi connectivity index (χ0) is 46.6. The van der Waals surface area contributed by atoms with Crippen molar-refractivity contribution in [3.05, 3.63) is 173 Å². The molecule has 9 heterocycles. The summed E-state index contributed by atoms with van der Waals surface area (Å²) in [6, 6.07) is 17.9. The van der Waals surface area contributed by atoms with Crippen molar-refractivity contribution in [2.75, 3.05) is 0 Å². The minimum absolute atomic E-state index is 0.250. The maximum Gasteiger partial charge on any atom is 0.373 e. The van der Waals surface area contributed by atoms with Gasteiger partial charge in [0.1, 0.15) is 32.8 Å². The highest BCUT2D eigenvalue weighted by molar-refractivity contribution is 9.14. The Balaban J connectivity index is 0.000000256. The van der Waals surface area contributed by atoms with Crippen LogP contribution in [-0.2, 0) is 9.59 Å². The van der Waals surface area contributed by atoms with Gasteiger partial charge in [-0.25, -0.2) is 24.3 Å². The van der Waals surface area contributed by atoms with E-state index in [0.29, 0.717) is 31.9 Å². The molecule has 63 heavy (non-hydrogen) atoms. The summed E-state index contributed by atoms with van der Waals surface area (Å²) in [5.41, 5.74) is 0. The van der Waals surface area contributed by atoms with E-state index in [-0.39, 0.29) is 6.15 Å². The number of carbonyl (C=O) groups excluding carboxylic acids is 2. The van der Waals surface area contributed by atoms with E-state index in [1.807, 2.05) is 24.3 Å². The minimum atomic E-state index is 0.250. The standard InChI is InChI=1S/2C8H5BrClN3.C5H3Cl2N.C3HBr3N2.C3H2Br2N2.C3H3BrN2.C3H4N2.CO2/c2*9-7-3-5-13(12-7)8-6(10)2-1-4-11-8;6-4-2-1-3-8-5(4)7;4-1-2(5)7-8-3(1)6;4-2-1-6-7-3(2)5;4-3-1-2-5-6-3;1-2-4-5-3-1;2-1-3/h2*1-5H;1-3H;(H,7,8);1H,(H,6,7);1-2H,(H,5,6);1-3H,(H,4,5);. The SMILES string of the molecule is Brc1ccn[nH]1.Brc1cn[nH]c1Br.Brc1n[nH]c(Br)c1Br.Clc1cccnc1-n1ccc(Br)n1.Clc1cccnc1-n1ccc(Br)n1.Clc1cccnc1Cl.O=C=O.c1cn[nH]c1. The van der Waals surface area contributed by atoms with E-state index in [1.54, 1.807) is 102 Å². The van der Waals surface area contributed by atoms with Crippen molar-refractivity contribution in [3.63, 3.8) is 0 Å². The van der Waals surface area contributed by atoms with E-state index in [2.05, 4.69) is 193 Å². The summed E-state index contributed by atoms with van der Waals surface area (Å²) in [5, 5.41) is 35.7. The number of halogens is 12. The number of aromatic nitrogens is 15. The second-order valence-electron chi connectivity index (χ2n) is 9.99. The van der Waals surface area contributed by atoms with Crippen LogP contribution >= 0.6 is 174 Å². The maximum atomic E-state index is 8.12. The number of aromatic amines is 4. The molecule has 17 nitrogen and oxygen atoms in total. The molecule has 0 saturated heterocycles. The fourth-order valence-corrected chi connectivity index (χ4v) is 6.15. The van der Waals surface area contributed by atoms with Gasteiger partial charge in [-0.15, -0.1) is 0 Å². The smallest absolute Gasteiger partial charge is 0.286 e. The molecule has 0 amide bonds. The average molecular weight is 1450 g/mol. The highest BCUT2D eigenvalue weighted by Crippen LogP contribution is 2.27. The Bertz CT molecular complexity index is 2490. The van der Waals surface area contributed by atoms with Gasteiger partial charge in [0.25, 0.3) is 0 Å². The van der Waals surface area contributed by atoms with Gasteiger partial charge in [-0.1, -0.05) is 46.4 Å². The number of H-pyrrole nitrogens is 4. The van der Waals surface area contributed by atoms with Gasteiger partial charge in [-0.2, -0.15) is 40.2 Å². The zero-order valence-corrected chi connectivity index (χ0v) is 46.5. The van der Waals surface area contributed by atoms with Crippen molar-refractivity contribution in [1.29, 1.82) is 0 Å². The van der Waals surface area contributed by atoms with Crippen LogP contribution < -0.4 is 0 Å². The number of nitrogens with one attached hydrogen (secondary N) is 4. The van der Waals surface area contributed by atoms with Gasteiger partial charge < -0.3 is 0 Å². The fourth-order valence-electron chi connectivity index (χ4n) is 3.29. The summed E-state index contributed by atoms with van der Waals surface area (Å²) in [5.74, 6) is 1.27. The lowest BCUT2D eigenvalue weighted by molar-refractivity contribution is -0.191. The molecule has 29 heteroatoms. The monoisotopic (exact) mass is 1440 g/mol. The zero-order valence-electron chi connectivity index (χ0n) is 30.7. The molecule has 0 unspecified atom stereocenters. The molecule has 9 aromatic rings. The first-order chi connectivity index (χ1) is 30.2. The summed E-state index contributed by atoms with van der Waals surface area (Å²) in [7, 11) is 0. The van der Waals surface area contributed by atoms with Crippen molar-refractivity contribution in [1.82, 2.24) is 75.3 Å². The van der Waals surface area contributed by atoms with E-state index < -0.39 is 0 Å². The lowest BCUT2D eigenvalue weighted by Crippen LogP contribution is -1.98. The van der Waals surface area contributed by atoms with E-state index >= 15 is 0 Å². The molecular weight excluding hydrogens is 1430 g/mol. The molecule has 0 aliphatic carbocycles. The Morgan fingerprint density at radius 3 is 1.32 bits per heavy atom. The maximum absolute atomic E-state index is 8.12. The lowest BCUT2D eigenvalue weighted by Gasteiger charge is -2.00. The second-order valence-corrected chi connectivity index (χ2v) is 18.0. The number of rotatable bonds is 2. The fraction of sp³-hybridized carbons (Fsp3) is 0. The Morgan fingerprint density at radius 2 is 1.10 bits per heavy atom. The van der Waals surface area contributed by atoms with Crippen LogP contribution in [-0.4, -0.2) is 81.5 Å². The molecule has 330 valence electrons. The van der Waals surface area contributed by atoms with Crippen LogP contribution in [0.5, 0.6) is 0 Å². The van der Waals surface area contributed by atoms with Crippen LogP contribution in [0.1, 0.15) is 0 Å². The van der Waals surface area contributed by atoms with Crippen LogP contribution in [0.2, 0.25) is 20.2 Å². The third-order valence-electron chi connectivity index (χ3n) is 5.79. The summed E-state index contributed by atoms with van der Waals surface area (Å²) >= 11 is 48.6. The Kier molecular flexibility index (Phi) is 29.2. The first-order valence-electron chi connectivity index (χ1n) is 16.1. The summed E-state index contributed by atoms with van der Waals surface area (Å²) in [4.78, 5) is 28.2. The third-order valence-corrected chi connectivity index (χ3v) is 13.1. The molecule has 9 rings (SSSR count). The van der Waals surface area contributed by atoms with Gasteiger partial charge in [0.05, 0.1) is 30.2 Å². The molecule has 9 aromatic heterocycles. The molecular formula is C34H23Br8Cl4N15O2. The van der Waals surface area contributed by atoms with Crippen LogP contribution in [0, 0.1) is 0 Å². The van der Waals surface area contributed by atoms with Gasteiger partial charge in [0.15, 0.2) is 11.6 Å². The first kappa shape index (κ1) is 56.2. The summed E-state index contributed by atoms with van der Waals surface area (Å²) in [6.07, 6.45) is 15.6. The highest BCUT2D eigenvalue weighted by atomic mass is 79.9. The predicted octanol–water partition coefficient (Wildman–Crippen LogP) is 13.4. The van der Waals surface area contributed by atoms with Gasteiger partial charge >= 0.3 is 6.15 Å². The predicted molar refractivity (Wildman–Crippen MR) is 268 cm³/mol. The van der Waals surface area contributed by atoms with E-state index in [1.165, 1.54) is 0 Å². The number of hydrogen-bond donors (Lipinski definition) is 4. The molecule has 0 bridgehead atoms. The molecule has 0 saturated carbocycles. The number of hydrogen-bond acceptors (Lipinski definition) is 11. The van der Waals surface area contributed by atoms with Gasteiger partial charge in [-0.05, 0) is 188 Å². The molecule has 0 aromatic carbocycles. The Hall–Kier alpha value is -2.91. The normalized spacial score (nSPS) is 9.33. The number of nitrogens with zero attached hydrogens (tertiary/aromatic N) is 11. The molecule has 0 fully saturated rings. The van der Waals surface area contributed by atoms with Crippen molar-refractivity contribution in [3.8, 4) is 11.6 Å². The van der Waals surface area contributed by atoms with E-state index in [4.69, 9.17) is 56.0 Å². The van der Waals surface area contributed by atoms with Crippen molar-refractivity contribution in [2.45, 2.75) is 0 Å². The molecule has 0 aliphatic heterocycles. The van der Waals surface area contributed by atoms with Crippen molar-refractivity contribution in [2.24, 2.45) is 0 Å². The largest absolute Gasteiger partial charge is 0.373 e. The van der Waals surface area contributed by atoms with Crippen molar-refractivity contribution >= 4 is 180 Å². The van der Waals surface area contributed by atoms with E-state index in [9.17, 15) is 0 Å². The van der Waals surface area contributed by atoms with Crippen LogP contribution in [0.3, 0.4) is 0 Å². The van der Waals surface area contributed by atoms with Gasteiger partial charge in [0.2, 0.25) is 0 Å². The Morgan fingerprint density at radius 1 is 0.556 bits per heavy atom. The van der Waals surface area contributed by atoms with Crippen LogP contribution in [0.25, 0.3) is 11.6 Å². The number of pyridine rings is 3. The topological polar surface area (TPSA) is 223 Å². The quantitative estimate of drug-likeness (QED) is 0.119. The van der Waals surface area contributed by atoms with Gasteiger partial charge in [-0.3, -0.25) is 20.4 Å². The molecule has 0 radical (unpaired) electrons. The highest BCUT2D eigenvalue weighted by Gasteiger charge is 2.05. The van der Waals surface area contributed by atoms with Crippen LogP contribution in [0.4, 0.5) is 0 Å². The Labute approximate surface area is 444 Å². The van der Waals surface area contributed by atoms with Gasteiger partial charge in [0, 0.05) is 49.6 Å². The molecule has 0 aliphatic rings. The minimum Gasteiger partial charge on any atom is -0.286 e. The second kappa shape index (κ2) is 32.7. The first-order valence-corrected chi connectivity index (χ1v) is 23.9. The summed E-state index contributed by atoms with van der Waals surface area (Å²) in [6.45, 7) is 0. The molecule has 0 atom stereocenters.